The Balaban J connectivity index is 3.80. The molecule has 0 aliphatic heterocycles. The summed E-state index contributed by atoms with van der Waals surface area (Å²) in [7, 11) is 0. The Morgan fingerprint density at radius 1 is 1.50 bits per heavy atom. The molecule has 0 radical (unpaired) electrons. The van der Waals surface area contributed by atoms with Crippen molar-refractivity contribution in [2.45, 2.75) is 45.1 Å². The van der Waals surface area contributed by atoms with Gasteiger partial charge in [-0.15, -0.1) is 0 Å². The largest absolute Gasteiger partial charge is 0.394 e. The highest BCUT2D eigenvalue weighted by molar-refractivity contribution is 5.76. The van der Waals surface area contributed by atoms with E-state index in [4.69, 9.17) is 10.8 Å². The van der Waals surface area contributed by atoms with Gasteiger partial charge in [-0.05, 0) is 32.7 Å². The molecule has 4 N–H and O–H groups in total. The zero-order chi connectivity index (χ0) is 11.0. The van der Waals surface area contributed by atoms with Crippen LogP contribution in [0.3, 0.4) is 0 Å². The minimum atomic E-state index is -0.472. The number of hydrogen-bond acceptors (Lipinski definition) is 3. The van der Waals surface area contributed by atoms with E-state index in [1.54, 1.807) is 0 Å². The highest BCUT2D eigenvalue weighted by Crippen LogP contribution is 2.08. The molecule has 1 amide bonds. The van der Waals surface area contributed by atoms with Gasteiger partial charge in [0.15, 0.2) is 0 Å². The molecule has 0 bridgehead atoms. The first-order chi connectivity index (χ1) is 6.58. The summed E-state index contributed by atoms with van der Waals surface area (Å²) in [6.07, 6.45) is 2.90. The van der Waals surface area contributed by atoms with Crippen LogP contribution < -0.4 is 11.1 Å². The van der Waals surface area contributed by atoms with Crippen LogP contribution in [0.15, 0.2) is 0 Å². The van der Waals surface area contributed by atoms with Crippen LogP contribution in [0.4, 0.5) is 0 Å². The van der Waals surface area contributed by atoms with Gasteiger partial charge in [0.05, 0.1) is 12.1 Å². The maximum absolute atomic E-state index is 11.4. The van der Waals surface area contributed by atoms with Crippen LogP contribution in [0.2, 0.25) is 0 Å². The number of amides is 1. The van der Waals surface area contributed by atoms with Crippen molar-refractivity contribution in [2.24, 2.45) is 5.73 Å². The van der Waals surface area contributed by atoms with Gasteiger partial charge in [0, 0.05) is 6.42 Å². The lowest BCUT2D eigenvalue weighted by Gasteiger charge is -2.27. The Labute approximate surface area is 85.9 Å². The molecule has 0 aliphatic carbocycles. The summed E-state index contributed by atoms with van der Waals surface area (Å²) in [6, 6.07) is 0. The van der Waals surface area contributed by atoms with Gasteiger partial charge in [-0.1, -0.05) is 6.92 Å². The SMILES string of the molecule is CCC(C)(CO)NC(=O)CCCCN. The number of carbonyl (C=O) groups is 1. The highest BCUT2D eigenvalue weighted by atomic mass is 16.3. The molecular formula is C10H22N2O2. The average Bonchev–Trinajstić information content (AvgIpc) is 2.18. The van der Waals surface area contributed by atoms with E-state index in [1.807, 2.05) is 13.8 Å². The summed E-state index contributed by atoms with van der Waals surface area (Å²) in [5.41, 5.74) is 4.85. The van der Waals surface area contributed by atoms with Crippen molar-refractivity contribution in [1.82, 2.24) is 5.32 Å². The molecule has 1 unspecified atom stereocenters. The number of nitrogens with one attached hydrogen (secondary N) is 1. The number of aliphatic hydroxyl groups excluding tert-OH is 1. The summed E-state index contributed by atoms with van der Waals surface area (Å²) < 4.78 is 0. The second-order valence-corrected chi connectivity index (χ2v) is 3.87. The molecule has 0 rings (SSSR count). The molecule has 14 heavy (non-hydrogen) atoms. The predicted octanol–water partition coefficient (Wildman–Crippen LogP) is 0.393. The van der Waals surface area contributed by atoms with Crippen molar-refractivity contribution in [3.63, 3.8) is 0 Å². The third kappa shape index (κ3) is 5.19. The molecule has 1 atom stereocenters. The fourth-order valence-electron chi connectivity index (χ4n) is 1.07. The lowest BCUT2D eigenvalue weighted by molar-refractivity contribution is -0.123. The quantitative estimate of drug-likeness (QED) is 0.523. The van der Waals surface area contributed by atoms with E-state index in [-0.39, 0.29) is 12.5 Å². The summed E-state index contributed by atoms with van der Waals surface area (Å²) in [5.74, 6) is -0.00292. The molecule has 0 aromatic carbocycles. The molecule has 0 aromatic rings. The zero-order valence-electron chi connectivity index (χ0n) is 9.18. The molecule has 0 heterocycles. The first kappa shape index (κ1) is 13.4. The van der Waals surface area contributed by atoms with Crippen molar-refractivity contribution in [3.8, 4) is 0 Å². The van der Waals surface area contributed by atoms with Gasteiger partial charge in [-0.25, -0.2) is 0 Å². The topological polar surface area (TPSA) is 75.3 Å². The summed E-state index contributed by atoms with van der Waals surface area (Å²) in [4.78, 5) is 11.4. The molecule has 84 valence electrons. The van der Waals surface area contributed by atoms with Gasteiger partial charge < -0.3 is 16.2 Å². The van der Waals surface area contributed by atoms with Gasteiger partial charge >= 0.3 is 0 Å². The van der Waals surface area contributed by atoms with Crippen LogP contribution in [0.5, 0.6) is 0 Å². The van der Waals surface area contributed by atoms with Gasteiger partial charge in [-0.2, -0.15) is 0 Å². The van der Waals surface area contributed by atoms with Crippen molar-refractivity contribution in [1.29, 1.82) is 0 Å². The molecule has 0 fully saturated rings. The van der Waals surface area contributed by atoms with Crippen molar-refractivity contribution in [2.75, 3.05) is 13.2 Å². The fourth-order valence-corrected chi connectivity index (χ4v) is 1.07. The first-order valence-corrected chi connectivity index (χ1v) is 5.20. The van der Waals surface area contributed by atoms with E-state index in [0.29, 0.717) is 13.0 Å². The van der Waals surface area contributed by atoms with E-state index in [1.165, 1.54) is 0 Å². The number of hydrogen-bond donors (Lipinski definition) is 3. The Morgan fingerprint density at radius 3 is 2.57 bits per heavy atom. The van der Waals surface area contributed by atoms with Crippen LogP contribution in [-0.4, -0.2) is 29.7 Å². The number of aliphatic hydroxyl groups is 1. The minimum Gasteiger partial charge on any atom is -0.394 e. The maximum atomic E-state index is 11.4. The lowest BCUT2D eigenvalue weighted by atomic mass is 10.00. The summed E-state index contributed by atoms with van der Waals surface area (Å²) in [6.45, 7) is 4.38. The Kier molecular flexibility index (Phi) is 6.49. The molecule has 4 nitrogen and oxygen atoms in total. The highest BCUT2D eigenvalue weighted by Gasteiger charge is 2.22. The van der Waals surface area contributed by atoms with Gasteiger partial charge in [0.1, 0.15) is 0 Å². The second-order valence-electron chi connectivity index (χ2n) is 3.87. The number of carbonyl (C=O) groups excluding carboxylic acids is 1. The number of rotatable bonds is 7. The van der Waals surface area contributed by atoms with E-state index < -0.39 is 5.54 Å². The van der Waals surface area contributed by atoms with Crippen LogP contribution in [0, 0.1) is 0 Å². The molecule has 0 aromatic heterocycles. The summed E-state index contributed by atoms with van der Waals surface area (Å²) >= 11 is 0. The van der Waals surface area contributed by atoms with Crippen LogP contribution in [-0.2, 0) is 4.79 Å². The fraction of sp³-hybridized carbons (Fsp3) is 0.900. The van der Waals surface area contributed by atoms with Crippen LogP contribution in [0.25, 0.3) is 0 Å². The Bertz CT molecular complexity index is 168. The predicted molar refractivity (Wildman–Crippen MR) is 56.8 cm³/mol. The maximum Gasteiger partial charge on any atom is 0.220 e. The third-order valence-electron chi connectivity index (χ3n) is 2.43. The van der Waals surface area contributed by atoms with E-state index in [0.717, 1.165) is 19.3 Å². The molecule has 0 spiro atoms. The van der Waals surface area contributed by atoms with Crippen molar-refractivity contribution < 1.29 is 9.90 Å². The van der Waals surface area contributed by atoms with Crippen molar-refractivity contribution >= 4 is 5.91 Å². The first-order valence-electron chi connectivity index (χ1n) is 5.20. The normalized spacial score (nSPS) is 14.9. The van der Waals surface area contributed by atoms with E-state index in [9.17, 15) is 4.79 Å². The van der Waals surface area contributed by atoms with Crippen LogP contribution >= 0.6 is 0 Å². The second kappa shape index (κ2) is 6.79. The Hall–Kier alpha value is -0.610. The summed E-state index contributed by atoms with van der Waals surface area (Å²) in [5, 5.41) is 11.9. The minimum absolute atomic E-state index is 0.00292. The van der Waals surface area contributed by atoms with Gasteiger partial charge in [-0.3, -0.25) is 4.79 Å². The number of unbranched alkanes of at least 4 members (excludes halogenated alkanes) is 1. The molecular weight excluding hydrogens is 180 g/mol. The smallest absolute Gasteiger partial charge is 0.220 e. The molecule has 0 aliphatic rings. The average molecular weight is 202 g/mol. The van der Waals surface area contributed by atoms with Gasteiger partial charge in [0.25, 0.3) is 0 Å². The molecule has 4 heteroatoms. The lowest BCUT2D eigenvalue weighted by Crippen LogP contribution is -2.48. The third-order valence-corrected chi connectivity index (χ3v) is 2.43. The standard InChI is InChI=1S/C10H22N2O2/c1-3-10(2,8-13)12-9(14)6-4-5-7-11/h13H,3-8,11H2,1-2H3,(H,12,14). The van der Waals surface area contributed by atoms with E-state index >= 15 is 0 Å². The molecule has 0 saturated heterocycles. The van der Waals surface area contributed by atoms with E-state index in [2.05, 4.69) is 5.32 Å². The number of nitrogens with two attached hydrogens (primary N) is 1. The zero-order valence-corrected chi connectivity index (χ0v) is 9.18. The van der Waals surface area contributed by atoms with Crippen molar-refractivity contribution in [3.05, 3.63) is 0 Å². The Morgan fingerprint density at radius 2 is 2.14 bits per heavy atom. The van der Waals surface area contributed by atoms with Gasteiger partial charge in [0.2, 0.25) is 5.91 Å². The molecule has 0 saturated carbocycles. The monoisotopic (exact) mass is 202 g/mol. The van der Waals surface area contributed by atoms with Crippen LogP contribution in [0.1, 0.15) is 39.5 Å².